The van der Waals surface area contributed by atoms with Crippen molar-refractivity contribution < 1.29 is 9.53 Å². The van der Waals surface area contributed by atoms with Crippen molar-refractivity contribution >= 4 is 46.4 Å². The Kier molecular flexibility index (Phi) is 6.90. The van der Waals surface area contributed by atoms with Crippen LogP contribution in [0, 0.1) is 0 Å². The molecule has 0 saturated carbocycles. The number of carbonyl (C=O) groups is 1. The van der Waals surface area contributed by atoms with E-state index in [4.69, 9.17) is 39.5 Å². The fraction of sp³-hybridized carbons (Fsp3) is 0.480. The van der Waals surface area contributed by atoms with Crippen molar-refractivity contribution in [3.8, 4) is 0 Å². The maximum atomic E-state index is 13.9. The summed E-state index contributed by atoms with van der Waals surface area (Å²) in [7, 11) is 0. The molecule has 176 valence electrons. The molecule has 0 aliphatic carbocycles. The lowest BCUT2D eigenvalue weighted by Gasteiger charge is -2.38. The fourth-order valence-corrected chi connectivity index (χ4v) is 5.92. The molecule has 1 amide bonds. The zero-order chi connectivity index (χ0) is 23.0. The van der Waals surface area contributed by atoms with Crippen LogP contribution in [0.15, 0.2) is 36.4 Å². The van der Waals surface area contributed by atoms with Crippen molar-refractivity contribution in [1.82, 2.24) is 9.80 Å². The van der Waals surface area contributed by atoms with E-state index in [1.54, 1.807) is 0 Å². The predicted octanol–water partition coefficient (Wildman–Crippen LogP) is 4.86. The largest absolute Gasteiger partial charge is 0.379 e. The molecular weight excluding hydrogens is 481 g/mol. The average molecular weight is 509 g/mol. The second-order valence-corrected chi connectivity index (χ2v) is 10.4. The number of ether oxygens (including phenoxy) is 1. The normalized spacial score (nSPS) is 21.1. The maximum Gasteiger partial charge on any atom is 0.237 e. The van der Waals surface area contributed by atoms with E-state index in [2.05, 4.69) is 15.9 Å². The first kappa shape index (κ1) is 23.4. The number of fused-ring (bicyclic) bond motifs is 2. The Morgan fingerprint density at radius 3 is 2.33 bits per heavy atom. The van der Waals surface area contributed by atoms with Gasteiger partial charge in [-0.15, -0.1) is 0 Å². The first-order valence-corrected chi connectivity index (χ1v) is 12.7. The van der Waals surface area contributed by atoms with Crippen LogP contribution in [-0.4, -0.2) is 68.2 Å². The van der Waals surface area contributed by atoms with Crippen LogP contribution in [-0.2, 0) is 21.5 Å². The topological polar surface area (TPSA) is 36.0 Å². The smallest absolute Gasteiger partial charge is 0.237 e. The quantitative estimate of drug-likeness (QED) is 0.578. The average Bonchev–Trinajstić information content (AvgIpc) is 3.02. The summed E-state index contributed by atoms with van der Waals surface area (Å²) < 4.78 is 5.46. The molecule has 0 unspecified atom stereocenters. The number of likely N-dealkylation sites (tertiary alicyclic amines) is 1. The second kappa shape index (κ2) is 9.73. The van der Waals surface area contributed by atoms with E-state index in [0.717, 1.165) is 81.6 Å². The van der Waals surface area contributed by atoms with Crippen LogP contribution < -0.4 is 4.90 Å². The lowest BCUT2D eigenvalue weighted by Crippen LogP contribution is -2.50. The van der Waals surface area contributed by atoms with Gasteiger partial charge < -0.3 is 9.64 Å². The first-order chi connectivity index (χ1) is 16.0. The van der Waals surface area contributed by atoms with Crippen LogP contribution in [0.3, 0.4) is 0 Å². The molecule has 0 aromatic heterocycles. The van der Waals surface area contributed by atoms with E-state index >= 15 is 0 Å². The van der Waals surface area contributed by atoms with Crippen LogP contribution in [0.5, 0.6) is 0 Å². The van der Waals surface area contributed by atoms with E-state index in [-0.39, 0.29) is 5.91 Å². The van der Waals surface area contributed by atoms with Crippen molar-refractivity contribution in [3.63, 3.8) is 0 Å². The van der Waals surface area contributed by atoms with Crippen LogP contribution in [0.1, 0.15) is 24.0 Å². The minimum Gasteiger partial charge on any atom is -0.379 e. The van der Waals surface area contributed by atoms with Gasteiger partial charge in [0.1, 0.15) is 0 Å². The van der Waals surface area contributed by atoms with Crippen LogP contribution in [0.25, 0.3) is 0 Å². The van der Waals surface area contributed by atoms with Gasteiger partial charge in [-0.25, -0.2) is 0 Å². The third kappa shape index (κ3) is 4.64. The van der Waals surface area contributed by atoms with Crippen molar-refractivity contribution in [2.45, 2.75) is 24.8 Å². The highest BCUT2D eigenvalue weighted by Gasteiger charge is 2.52. The predicted molar refractivity (Wildman–Crippen MR) is 134 cm³/mol. The highest BCUT2D eigenvalue weighted by atomic mass is 35.5. The number of hydrogen-bond donors (Lipinski definition) is 0. The molecule has 3 heterocycles. The molecule has 33 heavy (non-hydrogen) atoms. The Bertz CT molecular complexity index is 1030. The fourth-order valence-electron chi connectivity index (χ4n) is 5.38. The lowest BCUT2D eigenvalue weighted by molar-refractivity contribution is -0.125. The molecule has 5 nitrogen and oxygen atoms in total. The maximum absolute atomic E-state index is 13.9. The van der Waals surface area contributed by atoms with E-state index in [0.29, 0.717) is 16.6 Å². The van der Waals surface area contributed by atoms with Gasteiger partial charge in [-0.2, -0.15) is 0 Å². The summed E-state index contributed by atoms with van der Waals surface area (Å²) in [5, 5.41) is 1.76. The summed E-state index contributed by atoms with van der Waals surface area (Å²) in [5.41, 5.74) is 2.62. The highest BCUT2D eigenvalue weighted by molar-refractivity contribution is 6.42. The number of amides is 1. The number of anilines is 1. The number of carbonyl (C=O) groups excluding carboxylic acids is 1. The number of nitrogens with zero attached hydrogens (tertiary/aromatic N) is 3. The molecule has 2 aromatic carbocycles. The number of hydrogen-bond acceptors (Lipinski definition) is 4. The third-order valence-electron chi connectivity index (χ3n) is 7.25. The Hall–Kier alpha value is -1.34. The molecule has 2 saturated heterocycles. The van der Waals surface area contributed by atoms with Crippen molar-refractivity contribution in [3.05, 3.63) is 62.6 Å². The van der Waals surface area contributed by atoms with Crippen molar-refractivity contribution in [2.75, 3.05) is 57.4 Å². The lowest BCUT2D eigenvalue weighted by atomic mass is 9.73. The van der Waals surface area contributed by atoms with Gasteiger partial charge in [0, 0.05) is 43.4 Å². The van der Waals surface area contributed by atoms with E-state index < -0.39 is 5.41 Å². The molecule has 0 atom stereocenters. The molecule has 1 spiro atoms. The molecule has 0 bridgehead atoms. The van der Waals surface area contributed by atoms with Gasteiger partial charge in [0.15, 0.2) is 0 Å². The zero-order valence-corrected chi connectivity index (χ0v) is 20.8. The molecule has 2 fully saturated rings. The summed E-state index contributed by atoms with van der Waals surface area (Å²) in [6.07, 6.45) is 1.54. The molecule has 8 heteroatoms. The Labute approximate surface area is 210 Å². The standard InChI is InChI=1S/C25H28Cl3N3O2/c26-19-3-1-2-18(14-19)17-30-6-4-25(5-7-30)20-15-21(27)22(28)16-23(20)31(24(25)32)9-8-29-10-12-33-13-11-29/h1-3,14-16H,4-13,17H2. The minimum atomic E-state index is -0.528. The van der Waals surface area contributed by atoms with Crippen LogP contribution >= 0.6 is 34.8 Å². The number of halogens is 3. The molecule has 3 aliphatic rings. The van der Waals surface area contributed by atoms with E-state index in [1.165, 1.54) is 5.56 Å². The number of rotatable bonds is 5. The molecule has 2 aromatic rings. The number of benzene rings is 2. The summed E-state index contributed by atoms with van der Waals surface area (Å²) in [6, 6.07) is 11.8. The number of morpholine rings is 1. The summed E-state index contributed by atoms with van der Waals surface area (Å²) >= 11 is 19.0. The number of piperidine rings is 1. The molecule has 3 aliphatic heterocycles. The molecule has 0 radical (unpaired) electrons. The van der Waals surface area contributed by atoms with Crippen LogP contribution in [0.4, 0.5) is 5.69 Å². The summed E-state index contributed by atoms with van der Waals surface area (Å²) in [4.78, 5) is 20.6. The van der Waals surface area contributed by atoms with E-state index in [9.17, 15) is 4.79 Å². The molecular formula is C25H28Cl3N3O2. The van der Waals surface area contributed by atoms with Gasteiger partial charge in [0.2, 0.25) is 5.91 Å². The SMILES string of the molecule is O=C1N(CCN2CCOCC2)c2cc(Cl)c(Cl)cc2C12CCN(Cc1cccc(Cl)c1)CC2. The van der Waals surface area contributed by atoms with Gasteiger partial charge in [-0.05, 0) is 61.3 Å². The van der Waals surface area contributed by atoms with Crippen molar-refractivity contribution in [2.24, 2.45) is 0 Å². The summed E-state index contributed by atoms with van der Waals surface area (Å²) in [6.45, 7) is 7.30. The minimum absolute atomic E-state index is 0.187. The van der Waals surface area contributed by atoms with Gasteiger partial charge in [0.25, 0.3) is 0 Å². The second-order valence-electron chi connectivity index (χ2n) is 9.18. The van der Waals surface area contributed by atoms with Gasteiger partial charge in [-0.3, -0.25) is 14.6 Å². The summed E-state index contributed by atoms with van der Waals surface area (Å²) in [5.74, 6) is 0.187. The Morgan fingerprint density at radius 2 is 1.61 bits per heavy atom. The monoisotopic (exact) mass is 507 g/mol. The zero-order valence-electron chi connectivity index (χ0n) is 18.5. The van der Waals surface area contributed by atoms with Gasteiger partial charge in [-0.1, -0.05) is 46.9 Å². The Balaban J connectivity index is 1.35. The van der Waals surface area contributed by atoms with Gasteiger partial charge >= 0.3 is 0 Å². The van der Waals surface area contributed by atoms with Gasteiger partial charge in [0.05, 0.1) is 28.7 Å². The third-order valence-corrected chi connectivity index (χ3v) is 8.21. The molecule has 5 rings (SSSR count). The Morgan fingerprint density at radius 1 is 0.879 bits per heavy atom. The molecule has 0 N–H and O–H groups in total. The van der Waals surface area contributed by atoms with Crippen LogP contribution in [0.2, 0.25) is 15.1 Å². The van der Waals surface area contributed by atoms with Crippen molar-refractivity contribution in [1.29, 1.82) is 0 Å². The van der Waals surface area contributed by atoms with E-state index in [1.807, 2.05) is 35.2 Å². The first-order valence-electron chi connectivity index (χ1n) is 11.5. The highest BCUT2D eigenvalue weighted by Crippen LogP contribution is 2.50.